The predicted octanol–water partition coefficient (Wildman–Crippen LogP) is 1.11. The summed E-state index contributed by atoms with van der Waals surface area (Å²) in [5.74, 6) is 0.211. The molecule has 0 aliphatic heterocycles. The van der Waals surface area contributed by atoms with Crippen LogP contribution in [0.4, 0.5) is 4.79 Å². The summed E-state index contributed by atoms with van der Waals surface area (Å²) in [7, 11) is 1.57. The largest absolute Gasteiger partial charge is 0.341 e. The Balaban J connectivity index is 2.11. The van der Waals surface area contributed by atoms with Gasteiger partial charge in [0.05, 0.1) is 0 Å². The van der Waals surface area contributed by atoms with Crippen molar-refractivity contribution in [2.24, 2.45) is 5.92 Å². The van der Waals surface area contributed by atoms with E-state index in [0.717, 1.165) is 6.42 Å². The lowest BCUT2D eigenvalue weighted by Gasteiger charge is -2.02. The minimum atomic E-state index is -0.596. The van der Waals surface area contributed by atoms with Crippen molar-refractivity contribution < 1.29 is 4.79 Å². The van der Waals surface area contributed by atoms with Gasteiger partial charge >= 0.3 is 6.03 Å². The van der Waals surface area contributed by atoms with Crippen LogP contribution in [0.15, 0.2) is 0 Å². The molecule has 0 saturated heterocycles. The molecule has 5 heteroatoms. The summed E-state index contributed by atoms with van der Waals surface area (Å²) in [6, 6.07) is -0.193. The summed E-state index contributed by atoms with van der Waals surface area (Å²) >= 11 is 11.5. The molecule has 1 rings (SSSR count). The molecule has 1 fully saturated rings. The molecule has 0 aromatic carbocycles. The predicted molar refractivity (Wildman–Crippen MR) is 45.0 cm³/mol. The van der Waals surface area contributed by atoms with Crippen molar-refractivity contribution in [2.45, 2.75) is 10.8 Å². The standard InChI is InChI=1S/C6H10Cl2N2O/c1-9-5(11)10-3-4-2-6(4,7)8/h4H,2-3H2,1H3,(H2,9,10,11). The average molecular weight is 197 g/mol. The van der Waals surface area contributed by atoms with Gasteiger partial charge in [0.25, 0.3) is 0 Å². The van der Waals surface area contributed by atoms with Crippen LogP contribution >= 0.6 is 23.2 Å². The third-order valence-corrected chi connectivity index (χ3v) is 2.62. The van der Waals surface area contributed by atoms with Gasteiger partial charge in [-0.05, 0) is 6.42 Å². The van der Waals surface area contributed by atoms with E-state index in [2.05, 4.69) is 10.6 Å². The highest BCUT2D eigenvalue weighted by molar-refractivity contribution is 6.50. The maximum atomic E-state index is 10.6. The molecule has 11 heavy (non-hydrogen) atoms. The summed E-state index contributed by atoms with van der Waals surface area (Å²) in [6.07, 6.45) is 0.764. The Morgan fingerprint density at radius 3 is 2.64 bits per heavy atom. The van der Waals surface area contributed by atoms with Crippen molar-refractivity contribution in [2.75, 3.05) is 13.6 Å². The summed E-state index contributed by atoms with van der Waals surface area (Å²) in [5.41, 5.74) is 0. The SMILES string of the molecule is CNC(=O)NCC1CC1(Cl)Cl. The van der Waals surface area contributed by atoms with E-state index in [1.54, 1.807) is 7.05 Å². The second kappa shape index (κ2) is 3.07. The van der Waals surface area contributed by atoms with E-state index in [1.165, 1.54) is 0 Å². The molecule has 0 heterocycles. The number of halogens is 2. The molecule has 3 nitrogen and oxygen atoms in total. The van der Waals surface area contributed by atoms with Gasteiger partial charge in [0.15, 0.2) is 0 Å². The van der Waals surface area contributed by atoms with Crippen LogP contribution in [0.25, 0.3) is 0 Å². The Morgan fingerprint density at radius 1 is 1.73 bits per heavy atom. The zero-order chi connectivity index (χ0) is 8.48. The highest BCUT2D eigenvalue weighted by atomic mass is 35.5. The number of carbonyl (C=O) groups is 1. The quantitative estimate of drug-likeness (QED) is 0.639. The lowest BCUT2D eigenvalue weighted by atomic mass is 10.4. The van der Waals surface area contributed by atoms with Crippen molar-refractivity contribution >= 4 is 29.2 Å². The van der Waals surface area contributed by atoms with E-state index >= 15 is 0 Å². The minimum Gasteiger partial charge on any atom is -0.341 e. The van der Waals surface area contributed by atoms with Gasteiger partial charge in [-0.2, -0.15) is 0 Å². The highest BCUT2D eigenvalue weighted by Crippen LogP contribution is 2.52. The number of urea groups is 1. The number of amides is 2. The lowest BCUT2D eigenvalue weighted by Crippen LogP contribution is -2.34. The zero-order valence-corrected chi connectivity index (χ0v) is 7.67. The second-order valence-corrected chi connectivity index (χ2v) is 4.16. The fourth-order valence-corrected chi connectivity index (χ4v) is 1.32. The molecule has 1 saturated carbocycles. The van der Waals surface area contributed by atoms with Gasteiger partial charge in [-0.3, -0.25) is 0 Å². The molecular formula is C6H10Cl2N2O. The molecule has 0 aromatic heterocycles. The normalized spacial score (nSPS) is 25.9. The van der Waals surface area contributed by atoms with Crippen LogP contribution in [0.3, 0.4) is 0 Å². The van der Waals surface area contributed by atoms with Crippen LogP contribution in [0.5, 0.6) is 0 Å². The molecule has 0 aromatic rings. The van der Waals surface area contributed by atoms with Gasteiger partial charge in [0, 0.05) is 19.5 Å². The van der Waals surface area contributed by atoms with E-state index in [0.29, 0.717) is 6.54 Å². The molecular weight excluding hydrogens is 187 g/mol. The lowest BCUT2D eigenvalue weighted by molar-refractivity contribution is 0.242. The van der Waals surface area contributed by atoms with E-state index in [1.807, 2.05) is 0 Å². The Kier molecular flexibility index (Phi) is 2.50. The van der Waals surface area contributed by atoms with Crippen molar-refractivity contribution in [1.29, 1.82) is 0 Å². The Bertz CT molecular complexity index is 172. The molecule has 1 unspecified atom stereocenters. The van der Waals surface area contributed by atoms with E-state index in [4.69, 9.17) is 23.2 Å². The molecule has 1 aliphatic carbocycles. The fourth-order valence-electron chi connectivity index (χ4n) is 0.795. The summed E-state index contributed by atoms with van der Waals surface area (Å²) in [4.78, 5) is 10.6. The maximum Gasteiger partial charge on any atom is 0.314 e. The first-order valence-corrected chi connectivity index (χ1v) is 4.15. The van der Waals surface area contributed by atoms with E-state index in [9.17, 15) is 4.79 Å². The maximum absolute atomic E-state index is 10.6. The molecule has 64 valence electrons. The van der Waals surface area contributed by atoms with Gasteiger partial charge in [0.1, 0.15) is 4.33 Å². The first-order chi connectivity index (χ1) is 5.06. The van der Waals surface area contributed by atoms with Gasteiger partial charge in [-0.25, -0.2) is 4.79 Å². The van der Waals surface area contributed by atoms with Crippen LogP contribution in [0, 0.1) is 5.92 Å². The van der Waals surface area contributed by atoms with E-state index in [-0.39, 0.29) is 11.9 Å². The van der Waals surface area contributed by atoms with E-state index < -0.39 is 4.33 Å². The number of hydrogen-bond acceptors (Lipinski definition) is 1. The highest BCUT2D eigenvalue weighted by Gasteiger charge is 2.51. The van der Waals surface area contributed by atoms with Gasteiger partial charge in [-0.15, -0.1) is 23.2 Å². The molecule has 2 amide bonds. The Morgan fingerprint density at radius 2 is 2.27 bits per heavy atom. The topological polar surface area (TPSA) is 41.1 Å². The first-order valence-electron chi connectivity index (χ1n) is 3.39. The number of carbonyl (C=O) groups excluding carboxylic acids is 1. The first kappa shape index (κ1) is 8.94. The van der Waals surface area contributed by atoms with Crippen LogP contribution in [0.1, 0.15) is 6.42 Å². The average Bonchev–Trinajstić information content (AvgIpc) is 2.54. The monoisotopic (exact) mass is 196 g/mol. The summed E-state index contributed by atoms with van der Waals surface area (Å²) < 4.78 is -0.596. The van der Waals surface area contributed by atoms with Crippen molar-refractivity contribution in [1.82, 2.24) is 10.6 Å². The second-order valence-electron chi connectivity index (χ2n) is 2.62. The molecule has 0 radical (unpaired) electrons. The summed E-state index contributed by atoms with van der Waals surface area (Å²) in [5, 5.41) is 5.07. The minimum absolute atomic E-state index is 0.193. The molecule has 0 bridgehead atoms. The number of hydrogen-bond donors (Lipinski definition) is 2. The van der Waals surface area contributed by atoms with Crippen molar-refractivity contribution in [3.8, 4) is 0 Å². The fraction of sp³-hybridized carbons (Fsp3) is 0.833. The third kappa shape index (κ3) is 2.42. The smallest absolute Gasteiger partial charge is 0.314 e. The number of rotatable bonds is 2. The third-order valence-electron chi connectivity index (χ3n) is 1.69. The Labute approximate surface area is 75.4 Å². The zero-order valence-electron chi connectivity index (χ0n) is 6.16. The number of alkyl halides is 2. The van der Waals surface area contributed by atoms with Crippen molar-refractivity contribution in [3.63, 3.8) is 0 Å². The van der Waals surface area contributed by atoms with Crippen LogP contribution in [0.2, 0.25) is 0 Å². The van der Waals surface area contributed by atoms with Crippen LogP contribution in [-0.2, 0) is 0 Å². The Hall–Kier alpha value is -0.150. The van der Waals surface area contributed by atoms with Gasteiger partial charge in [0.2, 0.25) is 0 Å². The molecule has 1 aliphatic rings. The summed E-state index contributed by atoms with van der Waals surface area (Å²) in [6.45, 7) is 0.548. The molecule has 1 atom stereocenters. The molecule has 2 N–H and O–H groups in total. The van der Waals surface area contributed by atoms with Crippen molar-refractivity contribution in [3.05, 3.63) is 0 Å². The van der Waals surface area contributed by atoms with Gasteiger partial charge < -0.3 is 10.6 Å². The molecule has 0 spiro atoms. The number of nitrogens with one attached hydrogen (secondary N) is 2. The van der Waals surface area contributed by atoms with Gasteiger partial charge in [-0.1, -0.05) is 0 Å². The van der Waals surface area contributed by atoms with Crippen LogP contribution < -0.4 is 10.6 Å². The van der Waals surface area contributed by atoms with Crippen LogP contribution in [-0.4, -0.2) is 24.0 Å².